The van der Waals surface area contributed by atoms with Crippen molar-refractivity contribution < 1.29 is 22.6 Å². The molecular weight excluding hydrogens is 383 g/mol. The van der Waals surface area contributed by atoms with Gasteiger partial charge in [-0.15, -0.1) is 0 Å². The average Bonchev–Trinajstić information content (AvgIpc) is 2.72. The number of anilines is 2. The summed E-state index contributed by atoms with van der Waals surface area (Å²) in [7, 11) is 1.54. The highest BCUT2D eigenvalue weighted by molar-refractivity contribution is 5.63. The van der Waals surface area contributed by atoms with Crippen LogP contribution in [0.15, 0.2) is 30.5 Å². The summed E-state index contributed by atoms with van der Waals surface area (Å²) in [6.45, 7) is 2.23. The number of nitrogens with zero attached hydrogens (tertiary/aromatic N) is 3. The average molecular weight is 409 g/mol. The summed E-state index contributed by atoms with van der Waals surface area (Å²) in [5.41, 5.74) is -0.349. The van der Waals surface area contributed by atoms with Gasteiger partial charge < -0.3 is 14.4 Å². The van der Waals surface area contributed by atoms with Gasteiger partial charge in [-0.2, -0.15) is 18.2 Å². The predicted octanol–water partition coefficient (Wildman–Crippen LogP) is 5.76. The van der Waals surface area contributed by atoms with Gasteiger partial charge in [0.2, 0.25) is 0 Å². The number of alkyl halides is 3. The first kappa shape index (κ1) is 21.2. The van der Waals surface area contributed by atoms with E-state index in [0.717, 1.165) is 24.8 Å². The van der Waals surface area contributed by atoms with Gasteiger partial charge in [0, 0.05) is 18.9 Å². The molecule has 0 spiro atoms. The number of hydrogen-bond donors (Lipinski definition) is 0. The van der Waals surface area contributed by atoms with Crippen LogP contribution in [0.5, 0.6) is 11.8 Å². The Morgan fingerprint density at radius 1 is 1.10 bits per heavy atom. The molecule has 1 aliphatic rings. The van der Waals surface area contributed by atoms with Crippen LogP contribution in [0.3, 0.4) is 0 Å². The molecule has 29 heavy (non-hydrogen) atoms. The highest BCUT2D eigenvalue weighted by atomic mass is 19.4. The van der Waals surface area contributed by atoms with E-state index < -0.39 is 11.7 Å². The minimum atomic E-state index is -4.57. The molecule has 0 saturated heterocycles. The summed E-state index contributed by atoms with van der Waals surface area (Å²) in [5.74, 6) is 0.472. The molecule has 8 heteroatoms. The lowest BCUT2D eigenvalue weighted by Gasteiger charge is -2.24. The minimum absolute atomic E-state index is 0.0704. The monoisotopic (exact) mass is 409 g/mol. The van der Waals surface area contributed by atoms with Gasteiger partial charge in [0.15, 0.2) is 5.82 Å². The number of aromatic nitrogens is 2. The van der Waals surface area contributed by atoms with E-state index >= 15 is 0 Å². The Morgan fingerprint density at radius 3 is 2.41 bits per heavy atom. The van der Waals surface area contributed by atoms with Gasteiger partial charge in [-0.3, -0.25) is 0 Å². The van der Waals surface area contributed by atoms with E-state index in [-0.39, 0.29) is 17.9 Å². The molecule has 1 saturated carbocycles. The van der Waals surface area contributed by atoms with Gasteiger partial charge in [-0.1, -0.05) is 13.3 Å². The van der Waals surface area contributed by atoms with Gasteiger partial charge in [0.25, 0.3) is 0 Å². The summed E-state index contributed by atoms with van der Waals surface area (Å²) in [6.07, 6.45) is 2.77. The molecule has 0 bridgehead atoms. The SMILES string of the molecule is CCCOc1ncc(C(F)(F)F)c(N(C)c2ccc(OC3CCCCC3)cc2)n1. The molecule has 1 aliphatic carbocycles. The molecule has 0 radical (unpaired) electrons. The fraction of sp³-hybridized carbons (Fsp3) is 0.524. The second-order valence-electron chi connectivity index (χ2n) is 7.17. The van der Waals surface area contributed by atoms with Crippen molar-refractivity contribution in [3.05, 3.63) is 36.0 Å². The van der Waals surface area contributed by atoms with Crippen molar-refractivity contribution in [1.82, 2.24) is 9.97 Å². The molecule has 1 fully saturated rings. The lowest BCUT2D eigenvalue weighted by molar-refractivity contribution is -0.137. The normalized spacial score (nSPS) is 15.2. The molecule has 5 nitrogen and oxygen atoms in total. The van der Waals surface area contributed by atoms with Gasteiger partial charge in [0.05, 0.1) is 12.7 Å². The van der Waals surface area contributed by atoms with Crippen LogP contribution in [-0.2, 0) is 6.18 Å². The van der Waals surface area contributed by atoms with E-state index in [9.17, 15) is 13.2 Å². The molecule has 2 aromatic rings. The minimum Gasteiger partial charge on any atom is -0.490 e. The largest absolute Gasteiger partial charge is 0.490 e. The predicted molar refractivity (Wildman–Crippen MR) is 105 cm³/mol. The first-order valence-electron chi connectivity index (χ1n) is 9.96. The van der Waals surface area contributed by atoms with Crippen molar-refractivity contribution in [2.75, 3.05) is 18.6 Å². The summed E-state index contributed by atoms with van der Waals surface area (Å²) in [5, 5.41) is 0. The molecule has 1 heterocycles. The van der Waals surface area contributed by atoms with Crippen molar-refractivity contribution in [1.29, 1.82) is 0 Å². The molecule has 0 atom stereocenters. The van der Waals surface area contributed by atoms with Gasteiger partial charge in [0.1, 0.15) is 11.3 Å². The second-order valence-corrected chi connectivity index (χ2v) is 7.17. The van der Waals surface area contributed by atoms with Crippen LogP contribution in [0.25, 0.3) is 0 Å². The summed E-state index contributed by atoms with van der Waals surface area (Å²) < 4.78 is 51.7. The van der Waals surface area contributed by atoms with Crippen LogP contribution in [0, 0.1) is 0 Å². The van der Waals surface area contributed by atoms with E-state index in [0.29, 0.717) is 18.7 Å². The van der Waals surface area contributed by atoms with E-state index in [2.05, 4.69) is 9.97 Å². The number of rotatable bonds is 7. The van der Waals surface area contributed by atoms with E-state index in [1.54, 1.807) is 24.3 Å². The maximum atomic E-state index is 13.5. The summed E-state index contributed by atoms with van der Waals surface area (Å²) >= 11 is 0. The smallest absolute Gasteiger partial charge is 0.421 e. The number of hydrogen-bond acceptors (Lipinski definition) is 5. The Kier molecular flexibility index (Phi) is 6.82. The van der Waals surface area contributed by atoms with Crippen molar-refractivity contribution in [2.24, 2.45) is 0 Å². The number of ether oxygens (including phenoxy) is 2. The molecular formula is C21H26F3N3O2. The third kappa shape index (κ3) is 5.52. The van der Waals surface area contributed by atoms with E-state index in [1.165, 1.54) is 31.2 Å². The Balaban J connectivity index is 1.81. The molecule has 0 unspecified atom stereocenters. The van der Waals surface area contributed by atoms with Crippen molar-refractivity contribution in [2.45, 2.75) is 57.7 Å². The van der Waals surface area contributed by atoms with Crippen LogP contribution >= 0.6 is 0 Å². The lowest BCUT2D eigenvalue weighted by atomic mass is 9.98. The second kappa shape index (κ2) is 9.33. The van der Waals surface area contributed by atoms with Crippen LogP contribution in [-0.4, -0.2) is 29.7 Å². The molecule has 0 aliphatic heterocycles. The number of benzene rings is 1. The molecule has 158 valence electrons. The van der Waals surface area contributed by atoms with Crippen LogP contribution in [0.2, 0.25) is 0 Å². The fourth-order valence-electron chi connectivity index (χ4n) is 3.32. The van der Waals surface area contributed by atoms with Crippen LogP contribution < -0.4 is 14.4 Å². The lowest BCUT2D eigenvalue weighted by Crippen LogP contribution is -2.20. The molecule has 1 aromatic heterocycles. The zero-order valence-corrected chi connectivity index (χ0v) is 16.7. The van der Waals surface area contributed by atoms with Crippen LogP contribution in [0.4, 0.5) is 24.7 Å². The van der Waals surface area contributed by atoms with Crippen molar-refractivity contribution >= 4 is 11.5 Å². The quantitative estimate of drug-likeness (QED) is 0.582. The first-order chi connectivity index (χ1) is 13.9. The number of halogens is 3. The third-order valence-corrected chi connectivity index (χ3v) is 4.88. The van der Waals surface area contributed by atoms with Crippen molar-refractivity contribution in [3.8, 4) is 11.8 Å². The highest BCUT2D eigenvalue weighted by Crippen LogP contribution is 2.38. The first-order valence-corrected chi connectivity index (χ1v) is 9.96. The maximum absolute atomic E-state index is 13.5. The van der Waals surface area contributed by atoms with Gasteiger partial charge in [-0.05, 0) is 56.4 Å². The zero-order chi connectivity index (χ0) is 20.9. The van der Waals surface area contributed by atoms with Gasteiger partial charge >= 0.3 is 12.2 Å². The zero-order valence-electron chi connectivity index (χ0n) is 16.7. The molecule has 1 aromatic carbocycles. The Labute approximate surface area is 168 Å². The van der Waals surface area contributed by atoms with Gasteiger partial charge in [-0.25, -0.2) is 4.98 Å². The fourth-order valence-corrected chi connectivity index (χ4v) is 3.32. The Morgan fingerprint density at radius 2 is 1.79 bits per heavy atom. The topological polar surface area (TPSA) is 47.5 Å². The molecule has 3 rings (SSSR count). The third-order valence-electron chi connectivity index (χ3n) is 4.88. The Bertz CT molecular complexity index is 791. The molecule has 0 N–H and O–H groups in total. The summed E-state index contributed by atoms with van der Waals surface area (Å²) in [6, 6.07) is 6.95. The van der Waals surface area contributed by atoms with E-state index in [1.807, 2.05) is 6.92 Å². The molecule has 0 amide bonds. The van der Waals surface area contributed by atoms with Crippen LogP contribution in [0.1, 0.15) is 51.0 Å². The standard InChI is InChI=1S/C21H26F3N3O2/c1-3-13-28-20-25-14-18(21(22,23)24)19(26-20)27(2)15-9-11-17(12-10-15)29-16-7-5-4-6-8-16/h9-12,14,16H,3-8,13H2,1-2H3. The maximum Gasteiger partial charge on any atom is 0.421 e. The highest BCUT2D eigenvalue weighted by Gasteiger charge is 2.36. The summed E-state index contributed by atoms with van der Waals surface area (Å²) in [4.78, 5) is 9.09. The Hall–Kier alpha value is -2.51. The van der Waals surface area contributed by atoms with E-state index in [4.69, 9.17) is 9.47 Å². The van der Waals surface area contributed by atoms with Crippen molar-refractivity contribution in [3.63, 3.8) is 0 Å².